The van der Waals surface area contributed by atoms with Crippen molar-refractivity contribution in [1.82, 2.24) is 4.98 Å². The first-order chi connectivity index (χ1) is 5.38. The lowest BCUT2D eigenvalue weighted by Crippen LogP contribution is -2.17. The number of nitrogens with zero attached hydrogens (tertiary/aromatic N) is 1. The van der Waals surface area contributed by atoms with Gasteiger partial charge in [0.05, 0.1) is 0 Å². The van der Waals surface area contributed by atoms with E-state index in [0.717, 1.165) is 12.8 Å². The van der Waals surface area contributed by atoms with Gasteiger partial charge in [-0.25, -0.2) is 0 Å². The molecular formula is C9H12N2. The Kier molecular flexibility index (Phi) is 1.62. The largest absolute Gasteiger partial charge is 0.324 e. The molecular weight excluding hydrogens is 136 g/mol. The Bertz CT molecular complexity index is 257. The number of hydrogen-bond donors (Lipinski definition) is 1. The maximum absolute atomic E-state index is 5.92. The quantitative estimate of drug-likeness (QED) is 0.604. The molecule has 1 unspecified atom stereocenters. The van der Waals surface area contributed by atoms with E-state index in [-0.39, 0.29) is 6.04 Å². The number of hydrogen-bond acceptors (Lipinski definition) is 2. The third-order valence-electron chi connectivity index (χ3n) is 2.30. The van der Waals surface area contributed by atoms with E-state index in [2.05, 4.69) is 4.98 Å². The summed E-state index contributed by atoms with van der Waals surface area (Å²) in [7, 11) is 0. The molecule has 0 amide bonds. The molecule has 2 rings (SSSR count). The minimum atomic E-state index is 0.252. The molecule has 1 heterocycles. The van der Waals surface area contributed by atoms with E-state index in [1.54, 1.807) is 0 Å². The van der Waals surface area contributed by atoms with Crippen LogP contribution in [0.2, 0.25) is 0 Å². The molecule has 0 saturated carbocycles. The number of fused-ring (bicyclic) bond motifs is 1. The molecule has 1 aromatic heterocycles. The highest BCUT2D eigenvalue weighted by Crippen LogP contribution is 2.26. The fourth-order valence-electron chi connectivity index (χ4n) is 1.68. The molecule has 1 aliphatic carbocycles. The number of rotatable bonds is 0. The van der Waals surface area contributed by atoms with Crippen molar-refractivity contribution in [3.63, 3.8) is 0 Å². The van der Waals surface area contributed by atoms with E-state index in [9.17, 15) is 0 Å². The second-order valence-corrected chi connectivity index (χ2v) is 3.07. The van der Waals surface area contributed by atoms with E-state index in [4.69, 9.17) is 5.73 Å². The summed E-state index contributed by atoms with van der Waals surface area (Å²) in [6.45, 7) is 0. The topological polar surface area (TPSA) is 38.9 Å². The first-order valence-electron chi connectivity index (χ1n) is 4.06. The molecule has 0 aliphatic heterocycles. The molecule has 0 aromatic carbocycles. The van der Waals surface area contributed by atoms with Crippen molar-refractivity contribution < 1.29 is 0 Å². The van der Waals surface area contributed by atoms with Crippen LogP contribution >= 0.6 is 0 Å². The van der Waals surface area contributed by atoms with Crippen LogP contribution in [-0.2, 0) is 6.42 Å². The lowest BCUT2D eigenvalue weighted by atomic mass is 9.90. The molecule has 1 aromatic rings. The molecule has 58 valence electrons. The van der Waals surface area contributed by atoms with Crippen LogP contribution < -0.4 is 5.73 Å². The second kappa shape index (κ2) is 2.62. The van der Waals surface area contributed by atoms with E-state index < -0.39 is 0 Å². The van der Waals surface area contributed by atoms with Crippen LogP contribution in [0, 0.1) is 0 Å². The van der Waals surface area contributed by atoms with Crippen LogP contribution in [0.25, 0.3) is 0 Å². The van der Waals surface area contributed by atoms with Crippen LogP contribution in [0.15, 0.2) is 18.5 Å². The minimum Gasteiger partial charge on any atom is -0.324 e. The van der Waals surface area contributed by atoms with Gasteiger partial charge in [-0.3, -0.25) is 4.98 Å². The Balaban J connectivity index is 2.44. The van der Waals surface area contributed by atoms with Gasteiger partial charge in [-0.2, -0.15) is 0 Å². The van der Waals surface area contributed by atoms with Gasteiger partial charge in [0.25, 0.3) is 0 Å². The fourth-order valence-corrected chi connectivity index (χ4v) is 1.68. The monoisotopic (exact) mass is 148 g/mol. The summed E-state index contributed by atoms with van der Waals surface area (Å²) in [5, 5.41) is 0. The Morgan fingerprint density at radius 3 is 3.27 bits per heavy atom. The van der Waals surface area contributed by atoms with Gasteiger partial charge in [-0.15, -0.1) is 0 Å². The average Bonchev–Trinajstić information content (AvgIpc) is 2.06. The predicted octanol–water partition coefficient (Wildman–Crippen LogP) is 1.42. The van der Waals surface area contributed by atoms with Crippen molar-refractivity contribution in [2.45, 2.75) is 25.3 Å². The third kappa shape index (κ3) is 1.14. The van der Waals surface area contributed by atoms with Gasteiger partial charge in [0, 0.05) is 18.4 Å². The first-order valence-corrected chi connectivity index (χ1v) is 4.06. The molecule has 0 bridgehead atoms. The molecule has 0 fully saturated rings. The average molecular weight is 148 g/mol. The maximum Gasteiger partial charge on any atom is 0.0303 e. The van der Waals surface area contributed by atoms with Crippen molar-refractivity contribution >= 4 is 0 Å². The second-order valence-electron chi connectivity index (χ2n) is 3.07. The summed E-state index contributed by atoms with van der Waals surface area (Å²) in [4.78, 5) is 4.08. The number of aryl methyl sites for hydroxylation is 1. The Morgan fingerprint density at radius 1 is 1.55 bits per heavy atom. The van der Waals surface area contributed by atoms with Crippen molar-refractivity contribution in [3.05, 3.63) is 29.6 Å². The minimum absolute atomic E-state index is 0.252. The highest BCUT2D eigenvalue weighted by atomic mass is 14.7. The van der Waals surface area contributed by atoms with Crippen LogP contribution in [0.4, 0.5) is 0 Å². The van der Waals surface area contributed by atoms with Crippen LogP contribution in [-0.4, -0.2) is 4.98 Å². The molecule has 0 saturated heterocycles. The number of aromatic nitrogens is 1. The zero-order chi connectivity index (χ0) is 7.68. The van der Waals surface area contributed by atoms with Crippen molar-refractivity contribution in [3.8, 4) is 0 Å². The van der Waals surface area contributed by atoms with Crippen LogP contribution in [0.1, 0.15) is 30.0 Å². The van der Waals surface area contributed by atoms with Crippen LogP contribution in [0.5, 0.6) is 0 Å². The van der Waals surface area contributed by atoms with Crippen LogP contribution in [0.3, 0.4) is 0 Å². The third-order valence-corrected chi connectivity index (χ3v) is 2.30. The first kappa shape index (κ1) is 6.80. The summed E-state index contributed by atoms with van der Waals surface area (Å²) < 4.78 is 0. The van der Waals surface area contributed by atoms with Gasteiger partial charge >= 0.3 is 0 Å². The van der Waals surface area contributed by atoms with Gasteiger partial charge in [0.15, 0.2) is 0 Å². The summed E-state index contributed by atoms with van der Waals surface area (Å²) >= 11 is 0. The van der Waals surface area contributed by atoms with E-state index in [1.807, 2.05) is 18.5 Å². The normalized spacial score (nSPS) is 22.8. The SMILES string of the molecule is NC1CCCc2cnccc21. The van der Waals surface area contributed by atoms with Crippen molar-refractivity contribution in [2.24, 2.45) is 5.73 Å². The van der Waals surface area contributed by atoms with Gasteiger partial charge < -0.3 is 5.73 Å². The summed E-state index contributed by atoms with van der Waals surface area (Å²) in [5.41, 5.74) is 8.56. The van der Waals surface area contributed by atoms with E-state index in [0.29, 0.717) is 0 Å². The highest BCUT2D eigenvalue weighted by Gasteiger charge is 2.15. The molecule has 1 aliphatic rings. The molecule has 2 nitrogen and oxygen atoms in total. The predicted molar refractivity (Wildman–Crippen MR) is 44.1 cm³/mol. The number of nitrogens with two attached hydrogens (primary N) is 1. The summed E-state index contributed by atoms with van der Waals surface area (Å²) in [5.74, 6) is 0. The summed E-state index contributed by atoms with van der Waals surface area (Å²) in [6.07, 6.45) is 7.24. The maximum atomic E-state index is 5.92. The van der Waals surface area contributed by atoms with Gasteiger partial charge in [-0.1, -0.05) is 0 Å². The molecule has 0 spiro atoms. The smallest absolute Gasteiger partial charge is 0.0303 e. The standard InChI is InChI=1S/C9H12N2/c10-9-3-1-2-7-6-11-5-4-8(7)9/h4-6,9H,1-3,10H2. The summed E-state index contributed by atoms with van der Waals surface area (Å²) in [6, 6.07) is 2.29. The van der Waals surface area contributed by atoms with Gasteiger partial charge in [0.2, 0.25) is 0 Å². The van der Waals surface area contributed by atoms with Crippen molar-refractivity contribution in [2.75, 3.05) is 0 Å². The Labute approximate surface area is 66.4 Å². The van der Waals surface area contributed by atoms with Gasteiger partial charge in [0.1, 0.15) is 0 Å². The lowest BCUT2D eigenvalue weighted by molar-refractivity contribution is 0.568. The lowest BCUT2D eigenvalue weighted by Gasteiger charge is -2.20. The molecule has 1 atom stereocenters. The Hall–Kier alpha value is -0.890. The Morgan fingerprint density at radius 2 is 2.45 bits per heavy atom. The highest BCUT2D eigenvalue weighted by molar-refractivity contribution is 5.28. The van der Waals surface area contributed by atoms with E-state index in [1.165, 1.54) is 17.5 Å². The fraction of sp³-hybridized carbons (Fsp3) is 0.444. The zero-order valence-electron chi connectivity index (χ0n) is 6.46. The van der Waals surface area contributed by atoms with Crippen molar-refractivity contribution in [1.29, 1.82) is 0 Å². The molecule has 2 N–H and O–H groups in total. The zero-order valence-corrected chi connectivity index (χ0v) is 6.46. The van der Waals surface area contributed by atoms with Gasteiger partial charge in [-0.05, 0) is 36.5 Å². The van der Waals surface area contributed by atoms with E-state index >= 15 is 0 Å². The molecule has 0 radical (unpaired) electrons. The molecule has 11 heavy (non-hydrogen) atoms. The molecule has 2 heteroatoms. The number of pyridine rings is 1.